The molecule has 3 rings (SSSR count). The average molecular weight is 388 g/mol. The Morgan fingerprint density at radius 3 is 2.46 bits per heavy atom. The highest BCUT2D eigenvalue weighted by atomic mass is 35.5. The van der Waals surface area contributed by atoms with E-state index in [-0.39, 0.29) is 5.78 Å². The Morgan fingerprint density at radius 2 is 1.77 bits per heavy atom. The van der Waals surface area contributed by atoms with E-state index in [2.05, 4.69) is 4.98 Å². The van der Waals surface area contributed by atoms with Crippen LogP contribution in [0.25, 0.3) is 17.0 Å². The Balaban J connectivity index is 1.90. The minimum absolute atomic E-state index is 0.209. The first-order valence-corrected chi connectivity index (χ1v) is 8.46. The van der Waals surface area contributed by atoms with Gasteiger partial charge in [0.05, 0.1) is 24.8 Å². The monoisotopic (exact) mass is 387 g/mol. The fraction of sp³-hybridized carbons (Fsp3) is 0.100. The van der Waals surface area contributed by atoms with Gasteiger partial charge in [0.25, 0.3) is 0 Å². The van der Waals surface area contributed by atoms with Crippen molar-refractivity contribution in [3.8, 4) is 11.5 Å². The fourth-order valence-electron chi connectivity index (χ4n) is 2.51. The number of carbonyl (C=O) groups is 1. The van der Waals surface area contributed by atoms with Crippen LogP contribution in [0.5, 0.6) is 11.5 Å². The number of nitrogens with zero attached hydrogens (tertiary/aromatic N) is 1. The molecular formula is C20H15Cl2NO3. The molecule has 0 bridgehead atoms. The van der Waals surface area contributed by atoms with E-state index in [4.69, 9.17) is 32.7 Å². The molecule has 0 aliphatic heterocycles. The molecule has 0 spiro atoms. The number of halogens is 2. The molecule has 3 aromatic rings. The van der Waals surface area contributed by atoms with Gasteiger partial charge in [-0.1, -0.05) is 23.2 Å². The van der Waals surface area contributed by atoms with Gasteiger partial charge < -0.3 is 9.47 Å². The number of hydrogen-bond acceptors (Lipinski definition) is 4. The zero-order valence-corrected chi connectivity index (χ0v) is 15.6. The van der Waals surface area contributed by atoms with E-state index in [1.54, 1.807) is 50.8 Å². The van der Waals surface area contributed by atoms with Crippen LogP contribution in [0.4, 0.5) is 0 Å². The van der Waals surface area contributed by atoms with E-state index in [0.717, 1.165) is 16.5 Å². The van der Waals surface area contributed by atoms with E-state index in [9.17, 15) is 4.79 Å². The zero-order valence-electron chi connectivity index (χ0n) is 14.1. The number of benzene rings is 2. The lowest BCUT2D eigenvalue weighted by Crippen LogP contribution is -1.95. The molecule has 0 amide bonds. The van der Waals surface area contributed by atoms with Gasteiger partial charge >= 0.3 is 0 Å². The third kappa shape index (κ3) is 3.82. The number of rotatable bonds is 5. The minimum atomic E-state index is -0.209. The maximum Gasteiger partial charge on any atom is 0.187 e. The van der Waals surface area contributed by atoms with Crippen molar-refractivity contribution in [1.29, 1.82) is 0 Å². The summed E-state index contributed by atoms with van der Waals surface area (Å²) >= 11 is 11.9. The number of pyridine rings is 1. The third-order valence-corrected chi connectivity index (χ3v) is 4.38. The van der Waals surface area contributed by atoms with Gasteiger partial charge in [-0.2, -0.15) is 0 Å². The fourth-order valence-corrected chi connectivity index (χ4v) is 3.02. The molecule has 6 heteroatoms. The van der Waals surface area contributed by atoms with Crippen LogP contribution >= 0.6 is 23.2 Å². The molecule has 0 radical (unpaired) electrons. The molecule has 0 aliphatic rings. The maximum absolute atomic E-state index is 12.3. The van der Waals surface area contributed by atoms with Crippen LogP contribution in [0.15, 0.2) is 48.7 Å². The third-order valence-electron chi connectivity index (χ3n) is 3.83. The summed E-state index contributed by atoms with van der Waals surface area (Å²) in [4.78, 5) is 16.7. The van der Waals surface area contributed by atoms with Gasteiger partial charge in [-0.25, -0.2) is 0 Å². The van der Waals surface area contributed by atoms with E-state index in [0.29, 0.717) is 27.1 Å². The predicted molar refractivity (Wildman–Crippen MR) is 105 cm³/mol. The minimum Gasteiger partial charge on any atom is -0.493 e. The summed E-state index contributed by atoms with van der Waals surface area (Å²) in [6, 6.07) is 10.3. The second-order valence-corrected chi connectivity index (χ2v) is 6.33. The van der Waals surface area contributed by atoms with Crippen LogP contribution in [0.3, 0.4) is 0 Å². The lowest BCUT2D eigenvalue weighted by Gasteiger charge is -2.09. The van der Waals surface area contributed by atoms with Gasteiger partial charge in [0.1, 0.15) is 0 Å². The van der Waals surface area contributed by atoms with Gasteiger partial charge in [0.2, 0.25) is 0 Å². The van der Waals surface area contributed by atoms with E-state index >= 15 is 0 Å². The quantitative estimate of drug-likeness (QED) is 0.431. The lowest BCUT2D eigenvalue weighted by atomic mass is 10.1. The summed E-state index contributed by atoms with van der Waals surface area (Å²) < 4.78 is 10.6. The maximum atomic E-state index is 12.3. The lowest BCUT2D eigenvalue weighted by molar-refractivity contribution is 0.104. The molecule has 1 aromatic heterocycles. The summed E-state index contributed by atoms with van der Waals surface area (Å²) in [5, 5.41) is 1.68. The van der Waals surface area contributed by atoms with Gasteiger partial charge in [-0.05, 0) is 48.0 Å². The molecule has 1 heterocycles. The molecule has 0 fully saturated rings. The van der Waals surface area contributed by atoms with E-state index in [1.165, 1.54) is 6.08 Å². The van der Waals surface area contributed by atoms with Crippen molar-refractivity contribution in [1.82, 2.24) is 4.98 Å². The summed E-state index contributed by atoms with van der Waals surface area (Å²) in [5.41, 5.74) is 1.95. The largest absolute Gasteiger partial charge is 0.493 e. The highest BCUT2D eigenvalue weighted by Gasteiger charge is 2.09. The molecule has 0 saturated heterocycles. The zero-order chi connectivity index (χ0) is 18.7. The smallest absolute Gasteiger partial charge is 0.187 e. The van der Waals surface area contributed by atoms with Crippen molar-refractivity contribution in [3.05, 3.63) is 69.8 Å². The molecule has 0 saturated carbocycles. The molecule has 0 N–H and O–H groups in total. The number of aromatic nitrogens is 1. The number of methoxy groups -OCH3 is 2. The number of allylic oxidation sites excluding steroid dienone is 1. The molecule has 26 heavy (non-hydrogen) atoms. The Bertz CT molecular complexity index is 1020. The van der Waals surface area contributed by atoms with E-state index < -0.39 is 0 Å². The van der Waals surface area contributed by atoms with Crippen LogP contribution in [0.2, 0.25) is 10.0 Å². The van der Waals surface area contributed by atoms with Crippen molar-refractivity contribution in [2.24, 2.45) is 0 Å². The summed E-state index contributed by atoms with van der Waals surface area (Å²) in [7, 11) is 3.16. The standard InChI is InChI=1S/C20H15Cl2NO3/c1-25-19-8-13-7-12(11-23-17(13)10-20(19)26-2)3-6-18(24)15-5-4-14(21)9-16(15)22/h3-11H,1-2H3/b6-3+. The molecule has 0 aliphatic carbocycles. The Morgan fingerprint density at radius 1 is 1.04 bits per heavy atom. The van der Waals surface area contributed by atoms with Crippen LogP contribution in [0.1, 0.15) is 15.9 Å². The SMILES string of the molecule is COc1cc2cc(/C=C/C(=O)c3ccc(Cl)cc3Cl)cnc2cc1OC. The summed E-state index contributed by atoms with van der Waals surface area (Å²) in [6.07, 6.45) is 4.83. The highest BCUT2D eigenvalue weighted by Crippen LogP contribution is 2.31. The van der Waals surface area contributed by atoms with Gasteiger partial charge in [0, 0.05) is 28.2 Å². The van der Waals surface area contributed by atoms with Gasteiger partial charge in [0.15, 0.2) is 17.3 Å². The Kier molecular flexibility index (Phi) is 5.45. The number of fused-ring (bicyclic) bond motifs is 1. The second-order valence-electron chi connectivity index (χ2n) is 5.49. The topological polar surface area (TPSA) is 48.4 Å². The van der Waals surface area contributed by atoms with Crippen LogP contribution in [0, 0.1) is 0 Å². The van der Waals surface area contributed by atoms with Crippen molar-refractivity contribution in [2.45, 2.75) is 0 Å². The van der Waals surface area contributed by atoms with Crippen molar-refractivity contribution in [3.63, 3.8) is 0 Å². The molecule has 4 nitrogen and oxygen atoms in total. The molecular weight excluding hydrogens is 373 g/mol. The molecule has 2 aromatic carbocycles. The Labute approximate surface area is 161 Å². The first kappa shape index (κ1) is 18.2. The number of carbonyl (C=O) groups excluding carboxylic acids is 1. The van der Waals surface area contributed by atoms with Gasteiger partial charge in [-0.15, -0.1) is 0 Å². The van der Waals surface area contributed by atoms with Crippen LogP contribution < -0.4 is 9.47 Å². The number of hydrogen-bond donors (Lipinski definition) is 0. The van der Waals surface area contributed by atoms with E-state index in [1.807, 2.05) is 12.1 Å². The molecule has 0 unspecified atom stereocenters. The Hall–Kier alpha value is -2.56. The number of ether oxygens (including phenoxy) is 2. The predicted octanol–water partition coefficient (Wildman–Crippen LogP) is 5.45. The number of ketones is 1. The second kappa shape index (κ2) is 7.77. The van der Waals surface area contributed by atoms with Crippen molar-refractivity contribution in [2.75, 3.05) is 14.2 Å². The van der Waals surface area contributed by atoms with Crippen molar-refractivity contribution < 1.29 is 14.3 Å². The first-order valence-electron chi connectivity index (χ1n) is 7.71. The molecule has 132 valence electrons. The van der Waals surface area contributed by atoms with Crippen molar-refractivity contribution >= 4 is 46.0 Å². The van der Waals surface area contributed by atoms with Crippen LogP contribution in [-0.4, -0.2) is 25.0 Å². The van der Waals surface area contributed by atoms with Gasteiger partial charge in [-0.3, -0.25) is 9.78 Å². The summed E-state index contributed by atoms with van der Waals surface area (Å²) in [6.45, 7) is 0. The highest BCUT2D eigenvalue weighted by molar-refractivity contribution is 6.37. The first-order chi connectivity index (χ1) is 12.5. The van der Waals surface area contributed by atoms with Crippen LogP contribution in [-0.2, 0) is 0 Å². The molecule has 0 atom stereocenters. The average Bonchev–Trinajstić information content (AvgIpc) is 2.64. The normalized spacial score (nSPS) is 11.1. The summed E-state index contributed by atoms with van der Waals surface area (Å²) in [5.74, 6) is 1.02.